The van der Waals surface area contributed by atoms with Crippen LogP contribution < -0.4 is 19.9 Å². The molecule has 1 N–H and O–H groups in total. The van der Waals surface area contributed by atoms with Crippen LogP contribution in [0.25, 0.3) is 0 Å². The van der Waals surface area contributed by atoms with Gasteiger partial charge in [0.25, 0.3) is 0 Å². The van der Waals surface area contributed by atoms with E-state index < -0.39 is 5.92 Å². The lowest BCUT2D eigenvalue weighted by Gasteiger charge is -2.20. The molecule has 0 unspecified atom stereocenters. The van der Waals surface area contributed by atoms with Crippen LogP contribution in [0.5, 0.6) is 5.75 Å². The minimum atomic E-state index is -0.454. The molecule has 2 saturated heterocycles. The van der Waals surface area contributed by atoms with Gasteiger partial charge in [-0.25, -0.2) is 0 Å². The van der Waals surface area contributed by atoms with Crippen molar-refractivity contribution in [3.8, 4) is 5.75 Å². The minimum Gasteiger partial charge on any atom is -0.492 e. The van der Waals surface area contributed by atoms with Crippen LogP contribution in [0, 0.1) is 5.92 Å². The van der Waals surface area contributed by atoms with Crippen LogP contribution in [0.4, 0.5) is 17.1 Å². The average molecular weight is 407 g/mol. The number of nitrogens with zero attached hydrogens (tertiary/aromatic N) is 2. The molecule has 7 nitrogen and oxygen atoms in total. The lowest BCUT2D eigenvalue weighted by molar-refractivity contribution is -0.122. The van der Waals surface area contributed by atoms with Crippen molar-refractivity contribution in [3.05, 3.63) is 48.5 Å². The highest BCUT2D eigenvalue weighted by molar-refractivity contribution is 6.04. The maximum Gasteiger partial charge on any atom is 0.229 e. The van der Waals surface area contributed by atoms with E-state index in [1.54, 1.807) is 21.9 Å². The summed E-state index contributed by atoms with van der Waals surface area (Å²) in [6, 6.07) is 14.7. The zero-order valence-electron chi connectivity index (χ0n) is 17.0. The zero-order valence-corrected chi connectivity index (χ0v) is 17.0. The van der Waals surface area contributed by atoms with Crippen LogP contribution in [0.2, 0.25) is 0 Å². The fourth-order valence-electron chi connectivity index (χ4n) is 3.99. The standard InChI is InChI=1S/C23H25N3O4/c1-2-30-20-10-4-3-9-19(20)26-15-16(13-22(26)28)23(29)24-17-7-5-8-18(14-17)25-12-6-11-21(25)27/h3-5,7-10,14,16H,2,6,11-13,15H2,1H3,(H,24,29)/t16-/m0/s1. The van der Waals surface area contributed by atoms with Crippen molar-refractivity contribution in [1.29, 1.82) is 0 Å². The van der Waals surface area contributed by atoms with Gasteiger partial charge in [0.2, 0.25) is 17.7 Å². The van der Waals surface area contributed by atoms with Gasteiger partial charge in [0.15, 0.2) is 0 Å². The first kappa shape index (κ1) is 19.9. The van der Waals surface area contributed by atoms with Crippen molar-refractivity contribution in [3.63, 3.8) is 0 Å². The number of benzene rings is 2. The molecule has 2 heterocycles. The van der Waals surface area contributed by atoms with Gasteiger partial charge in [-0.05, 0) is 43.7 Å². The zero-order chi connectivity index (χ0) is 21.1. The van der Waals surface area contributed by atoms with Crippen molar-refractivity contribution in [2.75, 3.05) is 34.8 Å². The number of ether oxygens (including phenoxy) is 1. The van der Waals surface area contributed by atoms with E-state index in [4.69, 9.17) is 4.74 Å². The monoisotopic (exact) mass is 407 g/mol. The van der Waals surface area contributed by atoms with Crippen molar-refractivity contribution >= 4 is 34.8 Å². The normalized spacial score (nSPS) is 18.8. The summed E-state index contributed by atoms with van der Waals surface area (Å²) in [5.74, 6) is -0.0199. The highest BCUT2D eigenvalue weighted by atomic mass is 16.5. The molecule has 7 heteroatoms. The molecule has 3 amide bonds. The Balaban J connectivity index is 1.45. The van der Waals surface area contributed by atoms with Gasteiger partial charge in [-0.3, -0.25) is 14.4 Å². The second kappa shape index (κ2) is 8.57. The molecular formula is C23H25N3O4. The minimum absolute atomic E-state index is 0.0984. The van der Waals surface area contributed by atoms with Crippen LogP contribution in [-0.4, -0.2) is 37.4 Å². The third-order valence-corrected chi connectivity index (χ3v) is 5.45. The van der Waals surface area contributed by atoms with E-state index in [1.807, 2.05) is 43.3 Å². The average Bonchev–Trinajstić information content (AvgIpc) is 3.34. The first-order valence-electron chi connectivity index (χ1n) is 10.3. The van der Waals surface area contributed by atoms with Gasteiger partial charge in [0.05, 0.1) is 18.2 Å². The third-order valence-electron chi connectivity index (χ3n) is 5.45. The Morgan fingerprint density at radius 1 is 1.10 bits per heavy atom. The summed E-state index contributed by atoms with van der Waals surface area (Å²) in [6.45, 7) is 3.39. The summed E-state index contributed by atoms with van der Waals surface area (Å²) in [6.07, 6.45) is 1.55. The van der Waals surface area contributed by atoms with Crippen LogP contribution in [0.3, 0.4) is 0 Å². The fraction of sp³-hybridized carbons (Fsp3) is 0.348. The maximum atomic E-state index is 12.8. The van der Waals surface area contributed by atoms with Crippen LogP contribution in [-0.2, 0) is 14.4 Å². The number of amides is 3. The van der Waals surface area contributed by atoms with E-state index in [-0.39, 0.29) is 24.1 Å². The van der Waals surface area contributed by atoms with E-state index in [9.17, 15) is 14.4 Å². The summed E-state index contributed by atoms with van der Waals surface area (Å²) in [7, 11) is 0. The molecule has 0 aliphatic carbocycles. The molecule has 156 valence electrons. The molecule has 2 aromatic rings. The molecule has 30 heavy (non-hydrogen) atoms. The summed E-state index contributed by atoms with van der Waals surface area (Å²) in [5.41, 5.74) is 2.09. The number of hydrogen-bond acceptors (Lipinski definition) is 4. The fourth-order valence-corrected chi connectivity index (χ4v) is 3.99. The Morgan fingerprint density at radius 3 is 2.70 bits per heavy atom. The number of nitrogens with one attached hydrogen (secondary N) is 1. The molecule has 2 aliphatic heterocycles. The number of carbonyl (C=O) groups excluding carboxylic acids is 3. The van der Waals surface area contributed by atoms with E-state index in [0.29, 0.717) is 43.2 Å². The molecule has 4 rings (SSSR count). The van der Waals surface area contributed by atoms with Gasteiger partial charge in [0, 0.05) is 37.3 Å². The highest BCUT2D eigenvalue weighted by Crippen LogP contribution is 2.33. The molecule has 0 saturated carbocycles. The molecule has 2 aromatic carbocycles. The van der Waals surface area contributed by atoms with Crippen LogP contribution in [0.15, 0.2) is 48.5 Å². The number of carbonyl (C=O) groups is 3. The van der Waals surface area contributed by atoms with Crippen molar-refractivity contribution < 1.29 is 19.1 Å². The van der Waals surface area contributed by atoms with E-state index in [0.717, 1.165) is 12.1 Å². The van der Waals surface area contributed by atoms with E-state index in [1.165, 1.54) is 0 Å². The second-order valence-electron chi connectivity index (χ2n) is 7.49. The Labute approximate surface area is 175 Å². The summed E-state index contributed by atoms with van der Waals surface area (Å²) in [4.78, 5) is 40.8. The Bertz CT molecular complexity index is 974. The van der Waals surface area contributed by atoms with Gasteiger partial charge < -0.3 is 19.9 Å². The predicted molar refractivity (Wildman–Crippen MR) is 115 cm³/mol. The molecular weight excluding hydrogens is 382 g/mol. The van der Waals surface area contributed by atoms with Gasteiger partial charge in [-0.15, -0.1) is 0 Å². The van der Waals surface area contributed by atoms with Gasteiger partial charge in [-0.2, -0.15) is 0 Å². The molecule has 2 fully saturated rings. The summed E-state index contributed by atoms with van der Waals surface area (Å²) in [5, 5.41) is 2.91. The van der Waals surface area contributed by atoms with Crippen molar-refractivity contribution in [1.82, 2.24) is 0 Å². The molecule has 2 aliphatic rings. The predicted octanol–water partition coefficient (Wildman–Crippen LogP) is 3.20. The lowest BCUT2D eigenvalue weighted by atomic mass is 10.1. The first-order valence-corrected chi connectivity index (χ1v) is 10.3. The number of hydrogen-bond donors (Lipinski definition) is 1. The third kappa shape index (κ3) is 4.01. The second-order valence-corrected chi connectivity index (χ2v) is 7.49. The largest absolute Gasteiger partial charge is 0.492 e. The Morgan fingerprint density at radius 2 is 1.93 bits per heavy atom. The lowest BCUT2D eigenvalue weighted by Crippen LogP contribution is -2.28. The highest BCUT2D eigenvalue weighted by Gasteiger charge is 2.36. The molecule has 0 radical (unpaired) electrons. The van der Waals surface area contributed by atoms with Gasteiger partial charge in [-0.1, -0.05) is 18.2 Å². The van der Waals surface area contributed by atoms with Crippen molar-refractivity contribution in [2.24, 2.45) is 5.92 Å². The first-order chi connectivity index (χ1) is 14.6. The smallest absolute Gasteiger partial charge is 0.229 e. The van der Waals surface area contributed by atoms with Gasteiger partial charge in [0.1, 0.15) is 5.75 Å². The summed E-state index contributed by atoms with van der Waals surface area (Å²) < 4.78 is 5.63. The molecule has 0 bridgehead atoms. The molecule has 0 aromatic heterocycles. The Kier molecular flexibility index (Phi) is 5.70. The van der Waals surface area contributed by atoms with E-state index in [2.05, 4.69) is 5.32 Å². The number of rotatable bonds is 6. The summed E-state index contributed by atoms with van der Waals surface area (Å²) >= 11 is 0. The topological polar surface area (TPSA) is 79.0 Å². The number of anilines is 3. The van der Waals surface area contributed by atoms with Crippen LogP contribution in [0.1, 0.15) is 26.2 Å². The van der Waals surface area contributed by atoms with Crippen LogP contribution >= 0.6 is 0 Å². The number of para-hydroxylation sites is 2. The quantitative estimate of drug-likeness (QED) is 0.798. The molecule has 0 spiro atoms. The molecule has 1 atom stereocenters. The SMILES string of the molecule is CCOc1ccccc1N1C[C@@H](C(=O)Nc2cccc(N3CCCC3=O)c2)CC1=O. The van der Waals surface area contributed by atoms with Gasteiger partial charge >= 0.3 is 0 Å². The Hall–Kier alpha value is -3.35. The maximum absolute atomic E-state index is 12.8. The van der Waals surface area contributed by atoms with E-state index >= 15 is 0 Å². The van der Waals surface area contributed by atoms with Crippen molar-refractivity contribution in [2.45, 2.75) is 26.2 Å².